The number of carbonyl (C=O) groups excluding carboxylic acids is 2. The summed E-state index contributed by atoms with van der Waals surface area (Å²) in [5.41, 5.74) is 4.64. The number of hydrazine groups is 1. The monoisotopic (exact) mass is 313 g/mol. The van der Waals surface area contributed by atoms with Crippen molar-refractivity contribution in [1.29, 1.82) is 0 Å². The van der Waals surface area contributed by atoms with Gasteiger partial charge in [0.05, 0.1) is 4.90 Å². The van der Waals surface area contributed by atoms with Crippen LogP contribution in [0, 0.1) is 5.92 Å². The van der Waals surface area contributed by atoms with Crippen molar-refractivity contribution in [3.63, 3.8) is 0 Å². The Labute approximate surface area is 124 Å². The van der Waals surface area contributed by atoms with Crippen LogP contribution in [0.1, 0.15) is 24.2 Å². The zero-order valence-corrected chi connectivity index (χ0v) is 13.2. The maximum absolute atomic E-state index is 12.0. The van der Waals surface area contributed by atoms with Gasteiger partial charge in [-0.15, -0.1) is 0 Å². The van der Waals surface area contributed by atoms with Crippen LogP contribution in [0.4, 0.5) is 0 Å². The van der Waals surface area contributed by atoms with Crippen LogP contribution in [0.2, 0.25) is 0 Å². The first-order valence-corrected chi connectivity index (χ1v) is 7.73. The Kier molecular flexibility index (Phi) is 5.45. The first kappa shape index (κ1) is 17.1. The van der Waals surface area contributed by atoms with Crippen LogP contribution in [-0.4, -0.2) is 38.6 Å². The number of nitrogens with one attached hydrogen (secondary N) is 2. The van der Waals surface area contributed by atoms with Gasteiger partial charge in [0.25, 0.3) is 5.91 Å². The summed E-state index contributed by atoms with van der Waals surface area (Å²) >= 11 is 0. The zero-order valence-electron chi connectivity index (χ0n) is 12.4. The predicted molar refractivity (Wildman–Crippen MR) is 77.8 cm³/mol. The number of carbonyl (C=O) groups is 2. The zero-order chi connectivity index (χ0) is 16.2. The molecule has 0 aliphatic heterocycles. The summed E-state index contributed by atoms with van der Waals surface area (Å²) in [6, 6.07) is 5.59. The van der Waals surface area contributed by atoms with E-state index in [0.717, 1.165) is 4.31 Å². The summed E-state index contributed by atoms with van der Waals surface area (Å²) in [7, 11) is -0.796. The molecule has 8 heteroatoms. The quantitative estimate of drug-likeness (QED) is 0.784. The molecule has 0 fully saturated rings. The smallest absolute Gasteiger partial charge is 0.269 e. The van der Waals surface area contributed by atoms with Crippen LogP contribution in [0.3, 0.4) is 0 Å². The molecule has 0 aliphatic carbocycles. The highest BCUT2D eigenvalue weighted by Gasteiger charge is 2.19. The van der Waals surface area contributed by atoms with Gasteiger partial charge in [0, 0.05) is 25.6 Å². The second-order valence-electron chi connectivity index (χ2n) is 4.91. The number of rotatable bonds is 4. The lowest BCUT2D eigenvalue weighted by atomic mass is 10.2. The number of benzene rings is 1. The van der Waals surface area contributed by atoms with Gasteiger partial charge in [-0.2, -0.15) is 0 Å². The summed E-state index contributed by atoms with van der Waals surface area (Å²) in [6.45, 7) is 3.37. The van der Waals surface area contributed by atoms with Crippen molar-refractivity contribution in [2.75, 3.05) is 14.1 Å². The van der Waals surface area contributed by atoms with Crippen LogP contribution in [0.25, 0.3) is 0 Å². The Balaban J connectivity index is 2.91. The van der Waals surface area contributed by atoms with E-state index in [1.165, 1.54) is 38.4 Å². The minimum atomic E-state index is -3.61. The Bertz CT molecular complexity index is 639. The molecule has 0 aliphatic rings. The second kappa shape index (κ2) is 6.68. The van der Waals surface area contributed by atoms with Crippen molar-refractivity contribution in [2.45, 2.75) is 18.7 Å². The Morgan fingerprint density at radius 2 is 1.76 bits per heavy atom. The molecule has 7 nitrogen and oxygen atoms in total. The van der Waals surface area contributed by atoms with E-state index in [1.807, 2.05) is 0 Å². The highest BCUT2D eigenvalue weighted by atomic mass is 32.2. The van der Waals surface area contributed by atoms with Gasteiger partial charge in [-0.1, -0.05) is 19.9 Å². The average molecular weight is 313 g/mol. The molecule has 0 radical (unpaired) electrons. The van der Waals surface area contributed by atoms with E-state index >= 15 is 0 Å². The lowest BCUT2D eigenvalue weighted by Gasteiger charge is -2.13. The Morgan fingerprint density at radius 1 is 1.14 bits per heavy atom. The fourth-order valence-corrected chi connectivity index (χ4v) is 2.29. The maximum atomic E-state index is 12.0. The molecule has 116 valence electrons. The summed E-state index contributed by atoms with van der Waals surface area (Å²) in [5.74, 6) is -1.19. The normalized spacial score (nSPS) is 11.5. The fraction of sp³-hybridized carbons (Fsp3) is 0.385. The van der Waals surface area contributed by atoms with E-state index in [0.29, 0.717) is 0 Å². The molecule has 2 amide bonds. The van der Waals surface area contributed by atoms with Crippen LogP contribution < -0.4 is 10.9 Å². The third-order valence-electron chi connectivity index (χ3n) is 2.70. The molecule has 1 aromatic rings. The number of sulfonamides is 1. The average Bonchev–Trinajstić information content (AvgIpc) is 2.44. The van der Waals surface area contributed by atoms with Crippen molar-refractivity contribution in [1.82, 2.24) is 15.2 Å². The molecule has 0 spiro atoms. The van der Waals surface area contributed by atoms with Crippen LogP contribution >= 0.6 is 0 Å². The van der Waals surface area contributed by atoms with Gasteiger partial charge in [0.2, 0.25) is 15.9 Å². The molecule has 1 rings (SSSR count). The second-order valence-corrected chi connectivity index (χ2v) is 7.07. The summed E-state index contributed by atoms with van der Waals surface area (Å²) in [5, 5.41) is 0. The summed E-state index contributed by atoms with van der Waals surface area (Å²) in [4.78, 5) is 23.3. The number of nitrogens with zero attached hydrogens (tertiary/aromatic N) is 1. The fourth-order valence-electron chi connectivity index (χ4n) is 1.34. The van der Waals surface area contributed by atoms with Crippen molar-refractivity contribution >= 4 is 21.8 Å². The molecule has 0 heterocycles. The van der Waals surface area contributed by atoms with Crippen molar-refractivity contribution < 1.29 is 18.0 Å². The van der Waals surface area contributed by atoms with E-state index in [9.17, 15) is 18.0 Å². The highest BCUT2D eigenvalue weighted by Crippen LogP contribution is 2.14. The third kappa shape index (κ3) is 4.27. The SMILES string of the molecule is CC(C)C(=O)NNC(=O)c1cccc(S(=O)(=O)N(C)C)c1. The van der Waals surface area contributed by atoms with Crippen LogP contribution in [0.15, 0.2) is 29.2 Å². The van der Waals surface area contributed by atoms with Crippen LogP contribution in [-0.2, 0) is 14.8 Å². The number of hydrogen-bond donors (Lipinski definition) is 2. The summed E-state index contributed by atoms with van der Waals surface area (Å²) in [6.07, 6.45) is 0. The molecule has 0 saturated carbocycles. The van der Waals surface area contributed by atoms with Gasteiger partial charge in [-0.3, -0.25) is 20.4 Å². The minimum Gasteiger partial charge on any atom is -0.273 e. The van der Waals surface area contributed by atoms with Gasteiger partial charge in [0.1, 0.15) is 0 Å². The summed E-state index contributed by atoms with van der Waals surface area (Å²) < 4.78 is 25.0. The highest BCUT2D eigenvalue weighted by molar-refractivity contribution is 7.89. The standard InChI is InChI=1S/C13H19N3O4S/c1-9(2)12(17)14-15-13(18)10-6-5-7-11(8-10)21(19,20)16(3)4/h5-9H,1-4H3,(H,14,17)(H,15,18). The largest absolute Gasteiger partial charge is 0.273 e. The molecule has 2 N–H and O–H groups in total. The topological polar surface area (TPSA) is 95.6 Å². The van der Waals surface area contributed by atoms with Gasteiger partial charge < -0.3 is 0 Å². The lowest BCUT2D eigenvalue weighted by Crippen LogP contribution is -2.43. The molecule has 0 saturated heterocycles. The first-order chi connectivity index (χ1) is 9.66. The molecule has 21 heavy (non-hydrogen) atoms. The number of hydrogen-bond acceptors (Lipinski definition) is 4. The van der Waals surface area contributed by atoms with Crippen molar-refractivity contribution in [3.05, 3.63) is 29.8 Å². The minimum absolute atomic E-state index is 0.00957. The number of amides is 2. The van der Waals surface area contributed by atoms with Crippen molar-refractivity contribution in [3.8, 4) is 0 Å². The van der Waals surface area contributed by atoms with E-state index in [-0.39, 0.29) is 22.3 Å². The maximum Gasteiger partial charge on any atom is 0.269 e. The molecular formula is C13H19N3O4S. The molecule has 0 atom stereocenters. The van der Waals surface area contributed by atoms with Gasteiger partial charge >= 0.3 is 0 Å². The van der Waals surface area contributed by atoms with E-state index in [4.69, 9.17) is 0 Å². The molecule has 0 aromatic heterocycles. The van der Waals surface area contributed by atoms with Gasteiger partial charge in [-0.25, -0.2) is 12.7 Å². The Hall–Kier alpha value is -1.93. The molecular weight excluding hydrogens is 294 g/mol. The molecule has 0 bridgehead atoms. The predicted octanol–water partition coefficient (Wildman–Crippen LogP) is 0.354. The lowest BCUT2D eigenvalue weighted by molar-refractivity contribution is -0.124. The van der Waals surface area contributed by atoms with Crippen LogP contribution in [0.5, 0.6) is 0 Å². The van der Waals surface area contributed by atoms with Crippen molar-refractivity contribution in [2.24, 2.45) is 5.92 Å². The first-order valence-electron chi connectivity index (χ1n) is 6.29. The van der Waals surface area contributed by atoms with E-state index < -0.39 is 15.9 Å². The van der Waals surface area contributed by atoms with E-state index in [1.54, 1.807) is 13.8 Å². The van der Waals surface area contributed by atoms with Gasteiger partial charge in [0.15, 0.2) is 0 Å². The molecule has 1 aromatic carbocycles. The van der Waals surface area contributed by atoms with E-state index in [2.05, 4.69) is 10.9 Å². The Morgan fingerprint density at radius 3 is 2.29 bits per heavy atom. The van der Waals surface area contributed by atoms with Gasteiger partial charge in [-0.05, 0) is 18.2 Å². The third-order valence-corrected chi connectivity index (χ3v) is 4.51. The molecule has 0 unspecified atom stereocenters.